The number of thiazole rings is 1. The number of nitrogens with zero attached hydrogens (tertiary/aromatic N) is 2. The van der Waals surface area contributed by atoms with Gasteiger partial charge in [-0.3, -0.25) is 9.88 Å². The Morgan fingerprint density at radius 2 is 2.43 bits per heavy atom. The zero-order valence-electron chi connectivity index (χ0n) is 12.9. The van der Waals surface area contributed by atoms with E-state index in [2.05, 4.69) is 10.3 Å². The van der Waals surface area contributed by atoms with Crippen molar-refractivity contribution >= 4 is 17.4 Å². The van der Waals surface area contributed by atoms with Gasteiger partial charge in [-0.15, -0.1) is 11.3 Å². The van der Waals surface area contributed by atoms with Gasteiger partial charge < -0.3 is 14.8 Å². The molecule has 2 unspecified atom stereocenters. The Morgan fingerprint density at radius 1 is 1.57 bits per heavy atom. The fourth-order valence-electron chi connectivity index (χ4n) is 3.25. The van der Waals surface area contributed by atoms with E-state index in [1.165, 1.54) is 11.3 Å². The number of rotatable bonds is 3. The second-order valence-corrected chi connectivity index (χ2v) is 6.51. The lowest BCUT2D eigenvalue weighted by Crippen LogP contribution is -2.62. The van der Waals surface area contributed by atoms with Gasteiger partial charge in [-0.25, -0.2) is 4.79 Å². The van der Waals surface area contributed by atoms with E-state index in [0.29, 0.717) is 24.5 Å². The molecule has 7 heteroatoms. The first-order valence-electron chi connectivity index (χ1n) is 7.53. The molecule has 2 aliphatic rings. The Bertz CT molecular complexity index is 749. The summed E-state index contributed by atoms with van der Waals surface area (Å²) < 4.78 is 12.1. The fourth-order valence-corrected chi connectivity index (χ4v) is 4.05. The van der Waals surface area contributed by atoms with Crippen molar-refractivity contribution in [2.75, 3.05) is 13.7 Å². The van der Waals surface area contributed by atoms with Crippen LogP contribution in [0.15, 0.2) is 29.9 Å². The van der Waals surface area contributed by atoms with Crippen LogP contribution >= 0.6 is 11.3 Å². The summed E-state index contributed by atoms with van der Waals surface area (Å²) in [6.07, 6.45) is 2.41. The lowest BCUT2D eigenvalue weighted by atomic mass is 9.89. The molecule has 0 radical (unpaired) electrons. The Kier molecular flexibility index (Phi) is 3.19. The highest BCUT2D eigenvalue weighted by Gasteiger charge is 2.53. The standard InChI is InChI=1S/C16H17N3O3S/c1-3-21-12-6-4-5-10-11-7-16(22-14(10)12,13-8-17-9-23-13)19(2)15(20)18-11/h4-6,8-9,11H,3,7H2,1-2H3,(H,18,20). The molecule has 1 aromatic carbocycles. The summed E-state index contributed by atoms with van der Waals surface area (Å²) in [6.45, 7) is 2.50. The van der Waals surface area contributed by atoms with E-state index in [4.69, 9.17) is 9.47 Å². The number of benzene rings is 1. The van der Waals surface area contributed by atoms with Crippen LogP contribution in [0.3, 0.4) is 0 Å². The minimum Gasteiger partial charge on any atom is -0.490 e. The first-order valence-corrected chi connectivity index (χ1v) is 8.41. The molecule has 1 aromatic heterocycles. The molecule has 3 heterocycles. The summed E-state index contributed by atoms with van der Waals surface area (Å²) in [5.74, 6) is 1.40. The molecule has 1 saturated heterocycles. The van der Waals surface area contributed by atoms with Crippen molar-refractivity contribution in [2.45, 2.75) is 25.1 Å². The maximum absolute atomic E-state index is 12.4. The highest BCUT2D eigenvalue weighted by Crippen LogP contribution is 2.52. The maximum atomic E-state index is 12.4. The number of carbonyl (C=O) groups is 1. The van der Waals surface area contributed by atoms with Crippen LogP contribution in [-0.4, -0.2) is 29.6 Å². The van der Waals surface area contributed by atoms with Gasteiger partial charge >= 0.3 is 6.03 Å². The topological polar surface area (TPSA) is 63.7 Å². The highest BCUT2D eigenvalue weighted by molar-refractivity contribution is 7.09. The zero-order valence-corrected chi connectivity index (χ0v) is 13.7. The molecule has 1 fully saturated rings. The van der Waals surface area contributed by atoms with Crippen molar-refractivity contribution < 1.29 is 14.3 Å². The van der Waals surface area contributed by atoms with Gasteiger partial charge in [0.2, 0.25) is 5.72 Å². The Balaban J connectivity index is 1.89. The van der Waals surface area contributed by atoms with Crippen LogP contribution in [0.1, 0.15) is 29.8 Å². The number of aromatic nitrogens is 1. The highest BCUT2D eigenvalue weighted by atomic mass is 32.1. The number of carbonyl (C=O) groups excluding carboxylic acids is 1. The van der Waals surface area contributed by atoms with E-state index in [9.17, 15) is 4.79 Å². The first-order chi connectivity index (χ1) is 11.2. The average molecular weight is 331 g/mol. The normalized spacial score (nSPS) is 25.4. The van der Waals surface area contributed by atoms with Crippen molar-refractivity contribution in [3.05, 3.63) is 40.3 Å². The molecule has 6 nitrogen and oxygen atoms in total. The number of amides is 2. The monoisotopic (exact) mass is 331 g/mol. The first kappa shape index (κ1) is 14.3. The zero-order chi connectivity index (χ0) is 16.0. The van der Waals surface area contributed by atoms with Crippen LogP contribution in [0.5, 0.6) is 11.5 Å². The second-order valence-electron chi connectivity index (χ2n) is 5.62. The molecule has 120 valence electrons. The number of fused-ring (bicyclic) bond motifs is 4. The van der Waals surface area contributed by atoms with E-state index in [1.54, 1.807) is 23.7 Å². The molecule has 2 aromatic rings. The molecule has 2 bridgehead atoms. The summed E-state index contributed by atoms with van der Waals surface area (Å²) in [7, 11) is 1.75. The van der Waals surface area contributed by atoms with E-state index in [-0.39, 0.29) is 12.1 Å². The Hall–Kier alpha value is -2.28. The molecule has 0 aliphatic carbocycles. The largest absolute Gasteiger partial charge is 0.490 e. The van der Waals surface area contributed by atoms with Gasteiger partial charge in [0.15, 0.2) is 11.5 Å². The van der Waals surface area contributed by atoms with Crippen LogP contribution in [0.4, 0.5) is 4.79 Å². The van der Waals surface area contributed by atoms with Crippen molar-refractivity contribution in [3.63, 3.8) is 0 Å². The van der Waals surface area contributed by atoms with Crippen LogP contribution in [0.2, 0.25) is 0 Å². The van der Waals surface area contributed by atoms with Gasteiger partial charge in [0.25, 0.3) is 0 Å². The van der Waals surface area contributed by atoms with Crippen LogP contribution in [0.25, 0.3) is 0 Å². The molecule has 2 aliphatic heterocycles. The molecule has 0 spiro atoms. The van der Waals surface area contributed by atoms with Crippen molar-refractivity contribution in [1.82, 2.24) is 15.2 Å². The predicted molar refractivity (Wildman–Crippen MR) is 85.7 cm³/mol. The van der Waals surface area contributed by atoms with Crippen LogP contribution < -0.4 is 14.8 Å². The lowest BCUT2D eigenvalue weighted by molar-refractivity contribution is -0.0923. The number of hydrogen-bond donors (Lipinski definition) is 1. The average Bonchev–Trinajstić information content (AvgIpc) is 3.09. The molecular weight excluding hydrogens is 314 g/mol. The van der Waals surface area contributed by atoms with Gasteiger partial charge in [0, 0.05) is 25.2 Å². The smallest absolute Gasteiger partial charge is 0.321 e. The number of hydrogen-bond acceptors (Lipinski definition) is 5. The van der Waals surface area contributed by atoms with Gasteiger partial charge in [-0.05, 0) is 13.0 Å². The second kappa shape index (κ2) is 5.13. The number of para-hydroxylation sites is 1. The van der Waals surface area contributed by atoms with E-state index in [1.807, 2.05) is 25.1 Å². The van der Waals surface area contributed by atoms with E-state index in [0.717, 1.165) is 10.4 Å². The molecule has 23 heavy (non-hydrogen) atoms. The van der Waals surface area contributed by atoms with E-state index >= 15 is 0 Å². The van der Waals surface area contributed by atoms with Crippen LogP contribution in [-0.2, 0) is 5.72 Å². The molecule has 0 saturated carbocycles. The van der Waals surface area contributed by atoms with Crippen LogP contribution in [0, 0.1) is 0 Å². The minimum atomic E-state index is -0.839. The SMILES string of the molecule is CCOc1cccc2c1OC1(c3cncs3)CC2NC(=O)N1C. The predicted octanol–water partition coefficient (Wildman–Crippen LogP) is 2.87. The fraction of sp³-hybridized carbons (Fsp3) is 0.375. The number of nitrogens with one attached hydrogen (secondary N) is 1. The molecular formula is C16H17N3O3S. The quantitative estimate of drug-likeness (QED) is 0.939. The van der Waals surface area contributed by atoms with Gasteiger partial charge in [0.05, 0.1) is 23.0 Å². The maximum Gasteiger partial charge on any atom is 0.321 e. The minimum absolute atomic E-state index is 0.107. The van der Waals surface area contributed by atoms with Crippen molar-refractivity contribution in [3.8, 4) is 11.5 Å². The summed E-state index contributed by atoms with van der Waals surface area (Å²) in [5.41, 5.74) is 1.87. The number of ether oxygens (including phenoxy) is 2. The summed E-state index contributed by atoms with van der Waals surface area (Å²) >= 11 is 1.49. The van der Waals surface area contributed by atoms with Crippen molar-refractivity contribution in [1.29, 1.82) is 0 Å². The van der Waals surface area contributed by atoms with Gasteiger partial charge in [-0.2, -0.15) is 0 Å². The third-order valence-corrected chi connectivity index (χ3v) is 5.30. The third-order valence-electron chi connectivity index (χ3n) is 4.40. The number of urea groups is 1. The van der Waals surface area contributed by atoms with E-state index < -0.39 is 5.72 Å². The Labute approximate surface area is 138 Å². The molecule has 1 N–H and O–H groups in total. The summed E-state index contributed by atoms with van der Waals surface area (Å²) in [6, 6.07) is 5.54. The molecule has 2 atom stereocenters. The summed E-state index contributed by atoms with van der Waals surface area (Å²) in [5, 5.41) is 3.05. The van der Waals surface area contributed by atoms with Crippen molar-refractivity contribution in [2.24, 2.45) is 0 Å². The Morgan fingerprint density at radius 3 is 3.17 bits per heavy atom. The summed E-state index contributed by atoms with van der Waals surface area (Å²) in [4.78, 5) is 19.1. The molecule has 4 rings (SSSR count). The lowest BCUT2D eigenvalue weighted by Gasteiger charge is -2.50. The van der Waals surface area contributed by atoms with Gasteiger partial charge in [-0.1, -0.05) is 12.1 Å². The van der Waals surface area contributed by atoms with Gasteiger partial charge in [0.1, 0.15) is 0 Å². The molecule has 2 amide bonds. The third kappa shape index (κ3) is 1.99.